The summed E-state index contributed by atoms with van der Waals surface area (Å²) in [7, 11) is -3.04. The largest absolute Gasteiger partial charge is 0.473 e. The van der Waals surface area contributed by atoms with Crippen molar-refractivity contribution in [3.05, 3.63) is 54.0 Å². The molecule has 126 valence electrons. The van der Waals surface area contributed by atoms with Crippen molar-refractivity contribution >= 4 is 15.7 Å². The van der Waals surface area contributed by atoms with E-state index in [4.69, 9.17) is 4.74 Å². The second-order valence-electron chi connectivity index (χ2n) is 5.59. The third kappa shape index (κ3) is 4.29. The van der Waals surface area contributed by atoms with E-state index < -0.39 is 15.7 Å². The molecule has 1 unspecified atom stereocenters. The van der Waals surface area contributed by atoms with Crippen LogP contribution < -0.4 is 10.1 Å². The van der Waals surface area contributed by atoms with Gasteiger partial charge in [-0.15, -0.1) is 0 Å². The van der Waals surface area contributed by atoms with Gasteiger partial charge in [-0.25, -0.2) is 18.4 Å². The molecule has 0 radical (unpaired) electrons. The summed E-state index contributed by atoms with van der Waals surface area (Å²) in [5.74, 6) is -0.0592. The summed E-state index contributed by atoms with van der Waals surface area (Å²) >= 11 is 0. The molecule has 8 heteroatoms. The van der Waals surface area contributed by atoms with Crippen LogP contribution in [0.5, 0.6) is 5.88 Å². The second-order valence-corrected chi connectivity index (χ2v) is 7.82. The number of rotatable bonds is 5. The Kier molecular flexibility index (Phi) is 4.75. The molecule has 1 N–H and O–H groups in total. The maximum atomic E-state index is 12.2. The molecule has 2 aromatic rings. The van der Waals surface area contributed by atoms with Gasteiger partial charge in [0.2, 0.25) is 5.88 Å². The van der Waals surface area contributed by atoms with E-state index in [-0.39, 0.29) is 29.1 Å². The standard InChI is InChI=1S/C16H17N3O4S/c20-16(19-13-6-7-24(21,22)10-13)14-8-15(18-11-17-14)23-9-12-4-2-1-3-5-12/h1-5,8,11,13H,6-7,9-10H2,(H,19,20). The van der Waals surface area contributed by atoms with Crippen molar-refractivity contribution in [2.75, 3.05) is 11.5 Å². The lowest BCUT2D eigenvalue weighted by atomic mass is 10.2. The molecule has 1 fully saturated rings. The van der Waals surface area contributed by atoms with Crippen LogP contribution in [0.25, 0.3) is 0 Å². The Morgan fingerprint density at radius 2 is 2.04 bits per heavy atom. The van der Waals surface area contributed by atoms with E-state index in [1.807, 2.05) is 30.3 Å². The van der Waals surface area contributed by atoms with Crippen LogP contribution in [0.1, 0.15) is 22.5 Å². The molecule has 0 saturated carbocycles. The van der Waals surface area contributed by atoms with E-state index in [1.54, 1.807) is 0 Å². The molecular formula is C16H17N3O4S. The van der Waals surface area contributed by atoms with Crippen LogP contribution in [0.15, 0.2) is 42.7 Å². The van der Waals surface area contributed by atoms with Gasteiger partial charge < -0.3 is 10.1 Å². The van der Waals surface area contributed by atoms with Crippen molar-refractivity contribution in [1.29, 1.82) is 0 Å². The topological polar surface area (TPSA) is 98.2 Å². The SMILES string of the molecule is O=C(NC1CCS(=O)(=O)C1)c1cc(OCc2ccccc2)ncn1. The average Bonchev–Trinajstić information content (AvgIpc) is 2.93. The first-order chi connectivity index (χ1) is 11.5. The Bertz CT molecular complexity index is 824. The highest BCUT2D eigenvalue weighted by atomic mass is 32.2. The number of sulfone groups is 1. The number of hydrogen-bond donors (Lipinski definition) is 1. The van der Waals surface area contributed by atoms with Crippen molar-refractivity contribution in [2.24, 2.45) is 0 Å². The Morgan fingerprint density at radius 1 is 1.25 bits per heavy atom. The van der Waals surface area contributed by atoms with Crippen LogP contribution in [-0.4, -0.2) is 41.8 Å². The number of nitrogens with zero attached hydrogens (tertiary/aromatic N) is 2. The Labute approximate surface area is 140 Å². The molecule has 0 bridgehead atoms. The molecule has 1 saturated heterocycles. The zero-order valence-corrected chi connectivity index (χ0v) is 13.7. The number of carbonyl (C=O) groups excluding carboxylic acids is 1. The minimum absolute atomic E-state index is 0.0266. The number of benzene rings is 1. The first-order valence-electron chi connectivity index (χ1n) is 7.52. The van der Waals surface area contributed by atoms with Crippen molar-refractivity contribution in [3.8, 4) is 5.88 Å². The van der Waals surface area contributed by atoms with E-state index in [0.717, 1.165) is 5.56 Å². The molecule has 1 aliphatic rings. The lowest BCUT2D eigenvalue weighted by Gasteiger charge is -2.11. The number of hydrogen-bond acceptors (Lipinski definition) is 6. The molecule has 2 heterocycles. The summed E-state index contributed by atoms with van der Waals surface area (Å²) in [6.45, 7) is 0.333. The van der Waals surface area contributed by atoms with Gasteiger partial charge in [-0.3, -0.25) is 4.79 Å². The molecule has 1 aromatic carbocycles. The molecule has 1 aliphatic heterocycles. The van der Waals surface area contributed by atoms with Gasteiger partial charge in [0.25, 0.3) is 5.91 Å². The number of amides is 1. The first kappa shape index (κ1) is 16.4. The fourth-order valence-corrected chi connectivity index (χ4v) is 4.12. The van der Waals surface area contributed by atoms with Crippen LogP contribution in [0.2, 0.25) is 0 Å². The van der Waals surface area contributed by atoms with Gasteiger partial charge in [-0.2, -0.15) is 0 Å². The van der Waals surface area contributed by atoms with Crippen molar-refractivity contribution in [2.45, 2.75) is 19.1 Å². The molecule has 0 spiro atoms. The van der Waals surface area contributed by atoms with Gasteiger partial charge >= 0.3 is 0 Å². The zero-order valence-electron chi connectivity index (χ0n) is 12.9. The summed E-state index contributed by atoms with van der Waals surface area (Å²) in [4.78, 5) is 20.1. The third-order valence-corrected chi connectivity index (χ3v) is 5.44. The highest BCUT2D eigenvalue weighted by molar-refractivity contribution is 7.91. The normalized spacial score (nSPS) is 18.9. The smallest absolute Gasteiger partial charge is 0.270 e. The monoisotopic (exact) mass is 347 g/mol. The van der Waals surface area contributed by atoms with Crippen molar-refractivity contribution in [1.82, 2.24) is 15.3 Å². The van der Waals surface area contributed by atoms with Gasteiger partial charge in [-0.05, 0) is 12.0 Å². The van der Waals surface area contributed by atoms with E-state index >= 15 is 0 Å². The van der Waals surface area contributed by atoms with Gasteiger partial charge in [-0.1, -0.05) is 30.3 Å². The molecule has 3 rings (SSSR count). The summed E-state index contributed by atoms with van der Waals surface area (Å²) in [5, 5.41) is 2.69. The van der Waals surface area contributed by atoms with E-state index in [0.29, 0.717) is 13.0 Å². The number of aromatic nitrogens is 2. The van der Waals surface area contributed by atoms with Crippen molar-refractivity contribution in [3.63, 3.8) is 0 Å². The van der Waals surface area contributed by atoms with Gasteiger partial charge in [0.15, 0.2) is 9.84 Å². The lowest BCUT2D eigenvalue weighted by Crippen LogP contribution is -2.36. The highest BCUT2D eigenvalue weighted by Gasteiger charge is 2.29. The number of ether oxygens (including phenoxy) is 1. The summed E-state index contributed by atoms with van der Waals surface area (Å²) in [6.07, 6.45) is 1.68. The number of carbonyl (C=O) groups is 1. The molecule has 1 atom stereocenters. The van der Waals surface area contributed by atoms with Gasteiger partial charge in [0, 0.05) is 12.1 Å². The Hall–Kier alpha value is -2.48. The molecule has 1 aromatic heterocycles. The van der Waals surface area contributed by atoms with E-state index in [9.17, 15) is 13.2 Å². The first-order valence-corrected chi connectivity index (χ1v) is 9.34. The predicted molar refractivity (Wildman–Crippen MR) is 87.3 cm³/mol. The third-order valence-electron chi connectivity index (χ3n) is 3.67. The minimum Gasteiger partial charge on any atom is -0.473 e. The number of nitrogens with one attached hydrogen (secondary N) is 1. The summed E-state index contributed by atoms with van der Waals surface area (Å²) in [6, 6.07) is 10.7. The van der Waals surface area contributed by atoms with Crippen LogP contribution in [0.4, 0.5) is 0 Å². The lowest BCUT2D eigenvalue weighted by molar-refractivity contribution is 0.0935. The summed E-state index contributed by atoms with van der Waals surface area (Å²) in [5.41, 5.74) is 1.13. The van der Waals surface area contributed by atoms with E-state index in [1.165, 1.54) is 12.4 Å². The zero-order chi connectivity index (χ0) is 17.0. The average molecular weight is 347 g/mol. The molecular weight excluding hydrogens is 330 g/mol. The molecule has 7 nitrogen and oxygen atoms in total. The van der Waals surface area contributed by atoms with Crippen LogP contribution >= 0.6 is 0 Å². The van der Waals surface area contributed by atoms with Crippen molar-refractivity contribution < 1.29 is 17.9 Å². The van der Waals surface area contributed by atoms with E-state index in [2.05, 4.69) is 15.3 Å². The van der Waals surface area contributed by atoms with Crippen LogP contribution in [-0.2, 0) is 16.4 Å². The highest BCUT2D eigenvalue weighted by Crippen LogP contribution is 2.13. The molecule has 24 heavy (non-hydrogen) atoms. The van der Waals surface area contributed by atoms with Gasteiger partial charge in [0.05, 0.1) is 11.5 Å². The molecule has 1 amide bonds. The maximum absolute atomic E-state index is 12.2. The Balaban J connectivity index is 1.61. The second kappa shape index (κ2) is 6.96. The van der Waals surface area contributed by atoms with Gasteiger partial charge in [0.1, 0.15) is 18.6 Å². The predicted octanol–water partition coefficient (Wildman–Crippen LogP) is 0.972. The quantitative estimate of drug-likeness (QED) is 0.865. The molecule has 0 aliphatic carbocycles. The van der Waals surface area contributed by atoms with Crippen LogP contribution in [0, 0.1) is 0 Å². The Morgan fingerprint density at radius 3 is 2.75 bits per heavy atom. The maximum Gasteiger partial charge on any atom is 0.270 e. The minimum atomic E-state index is -3.04. The fourth-order valence-electron chi connectivity index (χ4n) is 2.44. The summed E-state index contributed by atoms with van der Waals surface area (Å²) < 4.78 is 28.4. The van der Waals surface area contributed by atoms with Crippen LogP contribution in [0.3, 0.4) is 0 Å². The fraction of sp³-hybridized carbons (Fsp3) is 0.312.